The summed E-state index contributed by atoms with van der Waals surface area (Å²) in [5.41, 5.74) is 2.48. The van der Waals surface area contributed by atoms with E-state index in [1.165, 1.54) is 11.1 Å². The predicted molar refractivity (Wildman–Crippen MR) is 81.5 cm³/mol. The van der Waals surface area contributed by atoms with Gasteiger partial charge >= 0.3 is 6.03 Å². The summed E-state index contributed by atoms with van der Waals surface area (Å²) in [4.78, 5) is 11.8. The van der Waals surface area contributed by atoms with E-state index in [9.17, 15) is 13.2 Å². The van der Waals surface area contributed by atoms with E-state index in [1.807, 2.05) is 18.2 Å². The summed E-state index contributed by atoms with van der Waals surface area (Å²) in [6, 6.07) is 7.98. The van der Waals surface area contributed by atoms with Crippen LogP contribution in [0.25, 0.3) is 0 Å². The van der Waals surface area contributed by atoms with Crippen molar-refractivity contribution in [2.45, 2.75) is 25.3 Å². The molecule has 1 aliphatic rings. The van der Waals surface area contributed by atoms with Crippen LogP contribution in [0.2, 0.25) is 0 Å². The molecule has 0 spiro atoms. The van der Waals surface area contributed by atoms with Crippen molar-refractivity contribution in [3.05, 3.63) is 35.4 Å². The summed E-state index contributed by atoms with van der Waals surface area (Å²) < 4.78 is 24.1. The Kier molecular flexibility index (Phi) is 5.19. The molecule has 0 aromatic heterocycles. The maximum Gasteiger partial charge on any atom is 0.315 e. The van der Waals surface area contributed by atoms with E-state index in [1.54, 1.807) is 0 Å². The second-order valence-corrected chi connectivity index (χ2v) is 7.04. The fourth-order valence-corrected chi connectivity index (χ4v) is 2.98. The minimum atomic E-state index is -3.16. The Balaban J connectivity index is 1.69. The summed E-state index contributed by atoms with van der Waals surface area (Å²) in [6.45, 7) is 0.758. The van der Waals surface area contributed by atoms with Gasteiger partial charge in [-0.2, -0.15) is 0 Å². The summed E-state index contributed by atoms with van der Waals surface area (Å²) in [6.07, 6.45) is 3.58. The Morgan fingerprint density at radius 2 is 2.05 bits per heavy atom. The van der Waals surface area contributed by atoms with Crippen molar-refractivity contribution in [1.29, 1.82) is 0 Å². The highest BCUT2D eigenvalue weighted by atomic mass is 32.2. The second kappa shape index (κ2) is 6.91. The zero-order valence-corrected chi connectivity index (χ0v) is 12.9. The molecule has 2 rings (SSSR count). The van der Waals surface area contributed by atoms with Gasteiger partial charge in [0, 0.05) is 13.1 Å². The van der Waals surface area contributed by atoms with Crippen molar-refractivity contribution in [3.8, 4) is 0 Å². The molecule has 1 aliphatic carbocycles. The minimum absolute atomic E-state index is 0.0651. The highest BCUT2D eigenvalue weighted by molar-refractivity contribution is 7.88. The normalized spacial score (nSPS) is 17.3. The SMILES string of the molecule is CS(=O)(=O)NCCCNC(=O)N[C@H]1CCc2ccccc21. The van der Waals surface area contributed by atoms with E-state index in [4.69, 9.17) is 0 Å². The molecular formula is C14H21N3O3S. The smallest absolute Gasteiger partial charge is 0.315 e. The van der Waals surface area contributed by atoms with Gasteiger partial charge in [-0.25, -0.2) is 17.9 Å². The lowest BCUT2D eigenvalue weighted by Gasteiger charge is -2.14. The maximum absolute atomic E-state index is 11.8. The number of aryl methyl sites for hydroxylation is 1. The van der Waals surface area contributed by atoms with Gasteiger partial charge in [0.05, 0.1) is 12.3 Å². The monoisotopic (exact) mass is 311 g/mol. The van der Waals surface area contributed by atoms with Gasteiger partial charge in [-0.3, -0.25) is 0 Å². The number of rotatable bonds is 6. The number of nitrogens with one attached hydrogen (secondary N) is 3. The van der Waals surface area contributed by atoms with Crippen LogP contribution >= 0.6 is 0 Å². The first-order valence-electron chi connectivity index (χ1n) is 7.02. The Morgan fingerprint density at radius 3 is 2.81 bits per heavy atom. The number of fused-ring (bicyclic) bond motifs is 1. The van der Waals surface area contributed by atoms with Gasteiger partial charge in [0.1, 0.15) is 0 Å². The fraction of sp³-hybridized carbons (Fsp3) is 0.500. The van der Waals surface area contributed by atoms with Crippen molar-refractivity contribution >= 4 is 16.1 Å². The van der Waals surface area contributed by atoms with Crippen LogP contribution < -0.4 is 15.4 Å². The lowest BCUT2D eigenvalue weighted by molar-refractivity contribution is 0.237. The lowest BCUT2D eigenvalue weighted by atomic mass is 10.1. The lowest BCUT2D eigenvalue weighted by Crippen LogP contribution is -2.38. The van der Waals surface area contributed by atoms with Crippen LogP contribution in [0.3, 0.4) is 0 Å². The molecule has 0 radical (unpaired) electrons. The van der Waals surface area contributed by atoms with Crippen LogP contribution in [0, 0.1) is 0 Å². The maximum atomic E-state index is 11.8. The van der Waals surface area contributed by atoms with E-state index in [-0.39, 0.29) is 12.1 Å². The molecule has 3 N–H and O–H groups in total. The molecule has 0 saturated carbocycles. The standard InChI is InChI=1S/C14H21N3O3S/c1-21(19,20)16-10-4-9-15-14(18)17-13-8-7-11-5-2-3-6-12(11)13/h2-3,5-6,13,16H,4,7-10H2,1H3,(H2,15,17,18)/t13-/m0/s1. The van der Waals surface area contributed by atoms with Gasteiger partial charge in [0.2, 0.25) is 10.0 Å². The minimum Gasteiger partial charge on any atom is -0.338 e. The van der Waals surface area contributed by atoms with Gasteiger partial charge < -0.3 is 10.6 Å². The van der Waals surface area contributed by atoms with Crippen molar-refractivity contribution < 1.29 is 13.2 Å². The summed E-state index contributed by atoms with van der Waals surface area (Å²) in [7, 11) is -3.16. The van der Waals surface area contributed by atoms with Crippen molar-refractivity contribution in [1.82, 2.24) is 15.4 Å². The van der Waals surface area contributed by atoms with Crippen molar-refractivity contribution in [2.24, 2.45) is 0 Å². The Bertz CT molecular complexity index is 601. The average molecular weight is 311 g/mol. The molecule has 116 valence electrons. The number of sulfonamides is 1. The number of carbonyl (C=O) groups excluding carboxylic acids is 1. The molecule has 1 aromatic rings. The Morgan fingerprint density at radius 1 is 1.29 bits per heavy atom. The molecule has 0 heterocycles. The largest absolute Gasteiger partial charge is 0.338 e. The molecule has 2 amide bonds. The third kappa shape index (κ3) is 5.02. The molecule has 0 fully saturated rings. The Labute approximate surface area is 125 Å². The quantitative estimate of drug-likeness (QED) is 0.683. The first kappa shape index (κ1) is 15.8. The van der Waals surface area contributed by atoms with Crippen LogP contribution in [-0.4, -0.2) is 33.8 Å². The molecule has 1 atom stereocenters. The van der Waals surface area contributed by atoms with Crippen LogP contribution in [0.1, 0.15) is 30.0 Å². The average Bonchev–Trinajstić information content (AvgIpc) is 2.81. The molecule has 0 unspecified atom stereocenters. The molecule has 0 bridgehead atoms. The first-order chi connectivity index (χ1) is 9.96. The topological polar surface area (TPSA) is 87.3 Å². The van der Waals surface area contributed by atoms with Crippen LogP contribution in [0.4, 0.5) is 4.79 Å². The number of amides is 2. The third-order valence-corrected chi connectivity index (χ3v) is 4.17. The van der Waals surface area contributed by atoms with E-state index in [0.29, 0.717) is 19.5 Å². The van der Waals surface area contributed by atoms with Crippen LogP contribution in [-0.2, 0) is 16.4 Å². The summed E-state index contributed by atoms with van der Waals surface area (Å²) in [5.74, 6) is 0. The predicted octanol–water partition coefficient (Wildman–Crippen LogP) is 0.912. The van der Waals surface area contributed by atoms with Gasteiger partial charge in [0.25, 0.3) is 0 Å². The highest BCUT2D eigenvalue weighted by Crippen LogP contribution is 2.30. The molecule has 0 aliphatic heterocycles. The van der Waals surface area contributed by atoms with Crippen molar-refractivity contribution in [3.63, 3.8) is 0 Å². The van der Waals surface area contributed by atoms with E-state index in [2.05, 4.69) is 21.4 Å². The number of hydrogen-bond donors (Lipinski definition) is 3. The van der Waals surface area contributed by atoms with Gasteiger partial charge in [-0.05, 0) is 30.4 Å². The number of urea groups is 1. The van der Waals surface area contributed by atoms with Crippen molar-refractivity contribution in [2.75, 3.05) is 19.3 Å². The number of hydrogen-bond acceptors (Lipinski definition) is 3. The second-order valence-electron chi connectivity index (χ2n) is 5.21. The Hall–Kier alpha value is -1.60. The molecule has 7 heteroatoms. The summed E-state index contributed by atoms with van der Waals surface area (Å²) >= 11 is 0. The molecule has 21 heavy (non-hydrogen) atoms. The van der Waals surface area contributed by atoms with Gasteiger partial charge in [-0.1, -0.05) is 24.3 Å². The summed E-state index contributed by atoms with van der Waals surface area (Å²) in [5, 5.41) is 5.70. The van der Waals surface area contributed by atoms with Crippen LogP contribution in [0.5, 0.6) is 0 Å². The van der Waals surface area contributed by atoms with E-state index < -0.39 is 10.0 Å². The third-order valence-electron chi connectivity index (χ3n) is 3.44. The fourth-order valence-electron chi connectivity index (χ4n) is 2.46. The zero-order valence-electron chi connectivity index (χ0n) is 12.1. The molecular weight excluding hydrogens is 290 g/mol. The zero-order chi connectivity index (χ0) is 15.3. The van der Waals surface area contributed by atoms with Gasteiger partial charge in [0.15, 0.2) is 0 Å². The van der Waals surface area contributed by atoms with Crippen LogP contribution in [0.15, 0.2) is 24.3 Å². The molecule has 0 saturated heterocycles. The first-order valence-corrected chi connectivity index (χ1v) is 8.91. The van der Waals surface area contributed by atoms with E-state index >= 15 is 0 Å². The molecule has 1 aromatic carbocycles. The number of benzene rings is 1. The number of carbonyl (C=O) groups is 1. The van der Waals surface area contributed by atoms with E-state index in [0.717, 1.165) is 19.1 Å². The van der Waals surface area contributed by atoms with Gasteiger partial charge in [-0.15, -0.1) is 0 Å². The molecule has 6 nitrogen and oxygen atoms in total. The highest BCUT2D eigenvalue weighted by Gasteiger charge is 2.22.